The number of alkyl carbamates (subject to hydrolysis) is 1. The molecule has 0 heterocycles. The van der Waals surface area contributed by atoms with Gasteiger partial charge in [-0.1, -0.05) is 13.8 Å². The van der Waals surface area contributed by atoms with E-state index in [1.54, 1.807) is 0 Å². The molecule has 0 radical (unpaired) electrons. The van der Waals surface area contributed by atoms with E-state index in [1.165, 1.54) is 20.0 Å². The molecule has 1 fully saturated rings. The molecule has 0 spiro atoms. The minimum atomic E-state index is -0.571. The number of ether oxygens (including phenoxy) is 1. The molecule has 98 valence electrons. The van der Waals surface area contributed by atoms with Crippen molar-refractivity contribution < 1.29 is 14.3 Å². The van der Waals surface area contributed by atoms with Crippen molar-refractivity contribution in [2.24, 2.45) is 11.8 Å². The zero-order valence-corrected chi connectivity index (χ0v) is 10.9. The van der Waals surface area contributed by atoms with E-state index in [1.807, 2.05) is 20.8 Å². The summed E-state index contributed by atoms with van der Waals surface area (Å²) in [5.74, 6) is 0.496. The maximum absolute atomic E-state index is 12.0. The van der Waals surface area contributed by atoms with Gasteiger partial charge in [-0.25, -0.2) is 4.79 Å². The fourth-order valence-electron chi connectivity index (χ4n) is 1.75. The standard InChI is InChI=1S/C12H22N2O3/c1-7(2)10(14-12(16)17-4)11(15)13-8(3)9-5-6-9/h7-10H,5-6H2,1-4H3,(H,13,15)(H,14,16)/t8-,10+/m1/s1. The Hall–Kier alpha value is -1.26. The van der Waals surface area contributed by atoms with Gasteiger partial charge in [0.25, 0.3) is 0 Å². The van der Waals surface area contributed by atoms with Crippen LogP contribution in [0.4, 0.5) is 4.79 Å². The zero-order chi connectivity index (χ0) is 13.0. The summed E-state index contributed by atoms with van der Waals surface area (Å²) in [6.45, 7) is 5.79. The highest BCUT2D eigenvalue weighted by molar-refractivity contribution is 5.86. The van der Waals surface area contributed by atoms with Crippen LogP contribution in [0.1, 0.15) is 33.6 Å². The second kappa shape index (κ2) is 5.89. The van der Waals surface area contributed by atoms with Crippen LogP contribution >= 0.6 is 0 Å². The molecule has 0 saturated heterocycles. The number of amides is 2. The smallest absolute Gasteiger partial charge is 0.407 e. The third-order valence-corrected chi connectivity index (χ3v) is 3.11. The highest BCUT2D eigenvalue weighted by atomic mass is 16.5. The number of hydrogen-bond donors (Lipinski definition) is 2. The van der Waals surface area contributed by atoms with Crippen molar-refractivity contribution in [2.75, 3.05) is 7.11 Å². The normalized spacial score (nSPS) is 18.4. The highest BCUT2D eigenvalue weighted by Crippen LogP contribution is 2.32. The molecule has 0 aromatic rings. The third-order valence-electron chi connectivity index (χ3n) is 3.11. The summed E-state index contributed by atoms with van der Waals surface area (Å²) in [7, 11) is 1.29. The summed E-state index contributed by atoms with van der Waals surface area (Å²) in [5, 5.41) is 5.50. The molecule has 5 nitrogen and oxygen atoms in total. The van der Waals surface area contributed by atoms with Crippen molar-refractivity contribution in [3.63, 3.8) is 0 Å². The van der Waals surface area contributed by atoms with E-state index >= 15 is 0 Å². The average Bonchev–Trinajstić information content (AvgIpc) is 3.08. The first-order chi connectivity index (χ1) is 7.95. The fraction of sp³-hybridized carbons (Fsp3) is 0.833. The van der Waals surface area contributed by atoms with Crippen LogP contribution in [0.25, 0.3) is 0 Å². The first kappa shape index (κ1) is 13.8. The molecule has 17 heavy (non-hydrogen) atoms. The molecular weight excluding hydrogens is 220 g/mol. The second-order valence-electron chi connectivity index (χ2n) is 4.99. The van der Waals surface area contributed by atoms with Crippen LogP contribution < -0.4 is 10.6 Å². The first-order valence-electron chi connectivity index (χ1n) is 6.10. The van der Waals surface area contributed by atoms with E-state index in [0.29, 0.717) is 5.92 Å². The summed E-state index contributed by atoms with van der Waals surface area (Å²) in [6, 6.07) is -0.355. The number of hydrogen-bond acceptors (Lipinski definition) is 3. The van der Waals surface area contributed by atoms with Crippen LogP contribution in [0.3, 0.4) is 0 Å². The SMILES string of the molecule is COC(=O)N[C@H](C(=O)N[C@H](C)C1CC1)C(C)C. The Morgan fingerprint density at radius 1 is 1.18 bits per heavy atom. The van der Waals surface area contributed by atoms with Crippen LogP contribution in [0.5, 0.6) is 0 Å². The summed E-state index contributed by atoms with van der Waals surface area (Å²) in [6.07, 6.45) is 1.79. The molecule has 0 unspecified atom stereocenters. The van der Waals surface area contributed by atoms with E-state index in [2.05, 4.69) is 15.4 Å². The van der Waals surface area contributed by atoms with Gasteiger partial charge in [0, 0.05) is 6.04 Å². The molecule has 2 N–H and O–H groups in total. The van der Waals surface area contributed by atoms with Gasteiger partial charge >= 0.3 is 6.09 Å². The van der Waals surface area contributed by atoms with Crippen molar-refractivity contribution in [2.45, 2.75) is 45.7 Å². The topological polar surface area (TPSA) is 67.4 Å². The van der Waals surface area contributed by atoms with Crippen molar-refractivity contribution in [3.8, 4) is 0 Å². The Balaban J connectivity index is 2.50. The van der Waals surface area contributed by atoms with Crippen molar-refractivity contribution in [1.82, 2.24) is 10.6 Å². The molecule has 0 aromatic carbocycles. The Labute approximate surface area is 102 Å². The second-order valence-corrected chi connectivity index (χ2v) is 4.99. The molecule has 0 aromatic heterocycles. The van der Waals surface area contributed by atoms with E-state index in [0.717, 1.165) is 0 Å². The van der Waals surface area contributed by atoms with Crippen molar-refractivity contribution in [1.29, 1.82) is 0 Å². The van der Waals surface area contributed by atoms with Gasteiger partial charge in [0.1, 0.15) is 6.04 Å². The lowest BCUT2D eigenvalue weighted by molar-refractivity contribution is -0.124. The van der Waals surface area contributed by atoms with Gasteiger partial charge in [-0.05, 0) is 31.6 Å². The number of carbonyl (C=O) groups is 2. The molecule has 1 aliphatic carbocycles. The summed E-state index contributed by atoms with van der Waals surface area (Å²) < 4.78 is 4.52. The fourth-order valence-corrected chi connectivity index (χ4v) is 1.75. The lowest BCUT2D eigenvalue weighted by atomic mass is 10.0. The maximum Gasteiger partial charge on any atom is 0.407 e. The molecule has 5 heteroatoms. The van der Waals surface area contributed by atoms with Crippen molar-refractivity contribution in [3.05, 3.63) is 0 Å². The summed E-state index contributed by atoms with van der Waals surface area (Å²) in [5.41, 5.74) is 0. The van der Waals surface area contributed by atoms with Gasteiger partial charge < -0.3 is 15.4 Å². The van der Waals surface area contributed by atoms with E-state index in [9.17, 15) is 9.59 Å². The van der Waals surface area contributed by atoms with Gasteiger partial charge in [0.15, 0.2) is 0 Å². The van der Waals surface area contributed by atoms with Gasteiger partial charge in [-0.2, -0.15) is 0 Å². The predicted octanol–water partition coefficient (Wildman–Crippen LogP) is 1.28. The Morgan fingerprint density at radius 2 is 1.76 bits per heavy atom. The summed E-state index contributed by atoms with van der Waals surface area (Å²) in [4.78, 5) is 23.1. The average molecular weight is 242 g/mol. The summed E-state index contributed by atoms with van der Waals surface area (Å²) >= 11 is 0. The molecule has 0 bridgehead atoms. The molecular formula is C12H22N2O3. The zero-order valence-electron chi connectivity index (χ0n) is 10.9. The number of nitrogens with one attached hydrogen (secondary N) is 2. The quantitative estimate of drug-likeness (QED) is 0.763. The van der Waals surface area contributed by atoms with E-state index in [4.69, 9.17) is 0 Å². The van der Waals surface area contributed by atoms with Crippen LogP contribution in [-0.4, -0.2) is 31.2 Å². The van der Waals surface area contributed by atoms with Crippen molar-refractivity contribution >= 4 is 12.0 Å². The molecule has 1 saturated carbocycles. The number of carbonyl (C=O) groups excluding carboxylic acids is 2. The monoisotopic (exact) mass is 242 g/mol. The van der Waals surface area contributed by atoms with Gasteiger partial charge in [-0.3, -0.25) is 4.79 Å². The third kappa shape index (κ3) is 4.24. The molecule has 2 amide bonds. The van der Waals surface area contributed by atoms with E-state index in [-0.39, 0.29) is 17.9 Å². The first-order valence-corrected chi connectivity index (χ1v) is 6.10. The molecule has 0 aliphatic heterocycles. The lowest BCUT2D eigenvalue weighted by Gasteiger charge is -2.23. The minimum absolute atomic E-state index is 0.0282. The van der Waals surface area contributed by atoms with Crippen LogP contribution in [-0.2, 0) is 9.53 Å². The Morgan fingerprint density at radius 3 is 2.18 bits per heavy atom. The maximum atomic E-state index is 12.0. The van der Waals surface area contributed by atoms with E-state index < -0.39 is 12.1 Å². The lowest BCUT2D eigenvalue weighted by Crippen LogP contribution is -2.52. The molecule has 1 rings (SSSR count). The van der Waals surface area contributed by atoms with Crippen LogP contribution in [0, 0.1) is 11.8 Å². The number of rotatable bonds is 5. The van der Waals surface area contributed by atoms with Gasteiger partial charge in [-0.15, -0.1) is 0 Å². The molecule has 1 aliphatic rings. The van der Waals surface area contributed by atoms with Gasteiger partial charge in [0.2, 0.25) is 5.91 Å². The Bertz CT molecular complexity index is 287. The highest BCUT2D eigenvalue weighted by Gasteiger charge is 2.32. The molecule has 2 atom stereocenters. The van der Waals surface area contributed by atoms with Gasteiger partial charge in [0.05, 0.1) is 7.11 Å². The van der Waals surface area contributed by atoms with Crippen LogP contribution in [0.2, 0.25) is 0 Å². The predicted molar refractivity (Wildman–Crippen MR) is 64.5 cm³/mol. The number of methoxy groups -OCH3 is 1. The van der Waals surface area contributed by atoms with Crippen LogP contribution in [0.15, 0.2) is 0 Å². The minimum Gasteiger partial charge on any atom is -0.453 e. The largest absolute Gasteiger partial charge is 0.453 e. The Kier molecular flexibility index (Phi) is 4.78.